The average Bonchev–Trinajstić information content (AvgIpc) is 3.11. The molecule has 7 heteroatoms. The Hall–Kier alpha value is -3.74. The van der Waals surface area contributed by atoms with Gasteiger partial charge in [0.05, 0.1) is 21.9 Å². The van der Waals surface area contributed by atoms with E-state index in [0.29, 0.717) is 38.8 Å². The number of nitrogens with zero attached hydrogens (tertiary/aromatic N) is 3. The van der Waals surface area contributed by atoms with Gasteiger partial charge in [0.15, 0.2) is 5.65 Å². The first-order chi connectivity index (χ1) is 15.2. The van der Waals surface area contributed by atoms with Gasteiger partial charge in [-0.3, -0.25) is 14.0 Å². The zero-order chi connectivity index (χ0) is 20.9. The topological polar surface area (TPSA) is 92.2 Å². The maximum absolute atomic E-state index is 13.5. The molecule has 0 saturated heterocycles. The van der Waals surface area contributed by atoms with Gasteiger partial charge in [-0.2, -0.15) is 0 Å². The number of carbonyl (C=O) groups is 1. The van der Waals surface area contributed by atoms with Crippen LogP contribution in [0.1, 0.15) is 42.5 Å². The van der Waals surface area contributed by atoms with Crippen molar-refractivity contribution < 1.29 is 4.79 Å². The first kappa shape index (κ1) is 18.1. The van der Waals surface area contributed by atoms with Crippen molar-refractivity contribution in [3.05, 3.63) is 64.4 Å². The quantitative estimate of drug-likeness (QED) is 0.460. The molecule has 1 amide bonds. The first-order valence-corrected chi connectivity index (χ1v) is 10.7. The summed E-state index contributed by atoms with van der Waals surface area (Å²) in [7, 11) is 0. The van der Waals surface area contributed by atoms with E-state index in [0.717, 1.165) is 31.2 Å². The van der Waals surface area contributed by atoms with Crippen LogP contribution in [0.3, 0.4) is 0 Å². The van der Waals surface area contributed by atoms with Crippen LogP contribution in [0.2, 0.25) is 0 Å². The van der Waals surface area contributed by atoms with Gasteiger partial charge in [-0.1, -0.05) is 43.5 Å². The van der Waals surface area contributed by atoms with E-state index in [2.05, 4.69) is 10.3 Å². The van der Waals surface area contributed by atoms with Crippen molar-refractivity contribution in [1.29, 1.82) is 0 Å². The fourth-order valence-corrected chi connectivity index (χ4v) is 4.75. The van der Waals surface area contributed by atoms with Crippen LogP contribution < -0.4 is 10.9 Å². The van der Waals surface area contributed by atoms with Crippen LogP contribution in [0.5, 0.6) is 0 Å². The van der Waals surface area contributed by atoms with Crippen molar-refractivity contribution >= 4 is 44.7 Å². The lowest BCUT2D eigenvalue weighted by Gasteiger charge is -2.22. The summed E-state index contributed by atoms with van der Waals surface area (Å²) in [5, 5.41) is 3.72. The molecule has 0 atom stereocenters. The number of aromatic nitrogens is 4. The molecule has 154 valence electrons. The molecule has 1 saturated carbocycles. The molecule has 1 aliphatic rings. The van der Waals surface area contributed by atoms with Gasteiger partial charge in [0.25, 0.3) is 11.5 Å². The smallest absolute Gasteiger partial charge is 0.258 e. The summed E-state index contributed by atoms with van der Waals surface area (Å²) in [6, 6.07) is 15.1. The van der Waals surface area contributed by atoms with E-state index in [-0.39, 0.29) is 17.5 Å². The van der Waals surface area contributed by atoms with E-state index in [1.165, 1.54) is 6.42 Å². The Labute approximate surface area is 177 Å². The summed E-state index contributed by atoms with van der Waals surface area (Å²) in [6.45, 7) is 0. The Morgan fingerprint density at radius 3 is 2.48 bits per heavy atom. The van der Waals surface area contributed by atoms with E-state index in [9.17, 15) is 9.59 Å². The third kappa shape index (κ3) is 2.80. The van der Waals surface area contributed by atoms with Crippen molar-refractivity contribution in [3.63, 3.8) is 0 Å². The van der Waals surface area contributed by atoms with Gasteiger partial charge in [0, 0.05) is 6.04 Å². The van der Waals surface area contributed by atoms with Gasteiger partial charge in [0.1, 0.15) is 16.7 Å². The van der Waals surface area contributed by atoms with Crippen molar-refractivity contribution in [2.45, 2.75) is 38.1 Å². The second kappa shape index (κ2) is 6.91. The van der Waals surface area contributed by atoms with Crippen molar-refractivity contribution in [2.75, 3.05) is 0 Å². The van der Waals surface area contributed by atoms with E-state index in [1.54, 1.807) is 6.07 Å². The molecule has 5 aromatic rings. The minimum atomic E-state index is -0.234. The molecule has 2 aromatic carbocycles. The van der Waals surface area contributed by atoms with Crippen molar-refractivity contribution in [3.8, 4) is 0 Å². The summed E-state index contributed by atoms with van der Waals surface area (Å²) >= 11 is 0. The third-order valence-electron chi connectivity index (χ3n) is 6.25. The largest absolute Gasteiger partial charge is 0.349 e. The SMILES string of the molecule is O=C(NC1CCCCC1)c1c2nc3ccccc3nc2n2c1[nH]c(=O)c1ccccc12. The highest BCUT2D eigenvalue weighted by Gasteiger charge is 2.26. The fourth-order valence-electron chi connectivity index (χ4n) is 4.75. The molecule has 7 nitrogen and oxygen atoms in total. The number of fused-ring (bicyclic) bond motifs is 6. The standard InChI is InChI=1S/C24H21N5O2/c30-23-15-10-4-7-13-18(15)29-21(28-23)19(24(31)25-14-8-2-1-3-9-14)20-22(29)27-17-12-6-5-11-16(17)26-20/h4-7,10-14H,1-3,8-9H2,(H,25,31)(H,28,30). The van der Waals surface area contributed by atoms with E-state index in [1.807, 2.05) is 46.9 Å². The molecule has 0 bridgehead atoms. The molecule has 1 fully saturated rings. The van der Waals surface area contributed by atoms with Gasteiger partial charge in [-0.25, -0.2) is 9.97 Å². The minimum absolute atomic E-state index is 0.145. The predicted octanol–water partition coefficient (Wildman–Crippen LogP) is 3.94. The number of hydrogen-bond acceptors (Lipinski definition) is 4. The number of benzene rings is 2. The molecule has 3 heterocycles. The highest BCUT2D eigenvalue weighted by atomic mass is 16.2. The van der Waals surface area contributed by atoms with Crippen LogP contribution in [0.15, 0.2) is 53.3 Å². The normalized spacial score (nSPS) is 15.2. The number of aromatic amines is 1. The zero-order valence-corrected chi connectivity index (χ0v) is 16.9. The Bertz CT molecular complexity index is 1540. The van der Waals surface area contributed by atoms with Crippen LogP contribution in [0.25, 0.3) is 38.7 Å². The van der Waals surface area contributed by atoms with Crippen LogP contribution >= 0.6 is 0 Å². The second-order valence-corrected chi connectivity index (χ2v) is 8.22. The molecule has 6 rings (SSSR count). The maximum Gasteiger partial charge on any atom is 0.258 e. The lowest BCUT2D eigenvalue weighted by molar-refractivity contribution is 0.0930. The Balaban J connectivity index is 1.69. The van der Waals surface area contributed by atoms with Gasteiger partial charge in [0.2, 0.25) is 0 Å². The summed E-state index contributed by atoms with van der Waals surface area (Å²) < 4.78 is 1.85. The first-order valence-electron chi connectivity index (χ1n) is 10.7. The lowest BCUT2D eigenvalue weighted by Crippen LogP contribution is -2.36. The number of amides is 1. The van der Waals surface area contributed by atoms with Gasteiger partial charge in [-0.15, -0.1) is 0 Å². The summed E-state index contributed by atoms with van der Waals surface area (Å²) in [5.74, 6) is -0.213. The Kier molecular flexibility index (Phi) is 4.02. The molecule has 31 heavy (non-hydrogen) atoms. The molecule has 2 N–H and O–H groups in total. The predicted molar refractivity (Wildman–Crippen MR) is 120 cm³/mol. The third-order valence-corrected chi connectivity index (χ3v) is 6.25. The number of nitrogens with one attached hydrogen (secondary N) is 2. The fraction of sp³-hybridized carbons (Fsp3) is 0.250. The summed E-state index contributed by atoms with van der Waals surface area (Å²) in [6.07, 6.45) is 5.40. The number of para-hydroxylation sites is 3. The van der Waals surface area contributed by atoms with Crippen molar-refractivity contribution in [1.82, 2.24) is 24.7 Å². The van der Waals surface area contributed by atoms with Crippen LogP contribution in [0.4, 0.5) is 0 Å². The van der Waals surface area contributed by atoms with Gasteiger partial charge >= 0.3 is 0 Å². The Morgan fingerprint density at radius 2 is 1.68 bits per heavy atom. The highest BCUT2D eigenvalue weighted by Crippen LogP contribution is 2.28. The Morgan fingerprint density at radius 1 is 0.968 bits per heavy atom. The summed E-state index contributed by atoms with van der Waals surface area (Å²) in [4.78, 5) is 38.9. The van der Waals surface area contributed by atoms with Gasteiger partial charge < -0.3 is 10.3 Å². The average molecular weight is 411 g/mol. The molecule has 3 aromatic heterocycles. The van der Waals surface area contributed by atoms with Crippen LogP contribution in [-0.4, -0.2) is 31.3 Å². The number of H-pyrrole nitrogens is 1. The van der Waals surface area contributed by atoms with Crippen molar-refractivity contribution in [2.24, 2.45) is 0 Å². The highest BCUT2D eigenvalue weighted by molar-refractivity contribution is 6.13. The summed E-state index contributed by atoms with van der Waals surface area (Å²) in [5.41, 5.74) is 3.79. The molecule has 1 aliphatic carbocycles. The van der Waals surface area contributed by atoms with E-state index < -0.39 is 0 Å². The number of hydrogen-bond donors (Lipinski definition) is 2. The molecule has 0 spiro atoms. The van der Waals surface area contributed by atoms with Gasteiger partial charge in [-0.05, 0) is 37.1 Å². The molecule has 0 unspecified atom stereocenters. The molecule has 0 aliphatic heterocycles. The van der Waals surface area contributed by atoms with Crippen LogP contribution in [-0.2, 0) is 0 Å². The molecular formula is C24H21N5O2. The zero-order valence-electron chi connectivity index (χ0n) is 16.9. The second-order valence-electron chi connectivity index (χ2n) is 8.22. The maximum atomic E-state index is 13.5. The minimum Gasteiger partial charge on any atom is -0.349 e. The number of carbonyl (C=O) groups excluding carboxylic acids is 1. The lowest BCUT2D eigenvalue weighted by atomic mass is 9.95. The van der Waals surface area contributed by atoms with E-state index >= 15 is 0 Å². The van der Waals surface area contributed by atoms with Crippen LogP contribution in [0, 0.1) is 0 Å². The molecule has 0 radical (unpaired) electrons. The molecular weight excluding hydrogens is 390 g/mol. The number of rotatable bonds is 2. The van der Waals surface area contributed by atoms with E-state index in [4.69, 9.17) is 9.97 Å². The monoisotopic (exact) mass is 411 g/mol.